The van der Waals surface area contributed by atoms with Crippen LogP contribution >= 0.6 is 34.8 Å². The Bertz CT molecular complexity index is 1230. The maximum absolute atomic E-state index is 12.5. The zero-order chi connectivity index (χ0) is 22.4. The Hall–Kier alpha value is -3.30. The van der Waals surface area contributed by atoms with Crippen LogP contribution in [0.25, 0.3) is 6.08 Å². The summed E-state index contributed by atoms with van der Waals surface area (Å²) in [5.74, 6) is -1.00. The van der Waals surface area contributed by atoms with Crippen molar-refractivity contribution < 1.29 is 9.59 Å². The fourth-order valence-electron chi connectivity index (χ4n) is 2.65. The van der Waals surface area contributed by atoms with Crippen LogP contribution in [0.1, 0.15) is 15.9 Å². The van der Waals surface area contributed by atoms with Gasteiger partial charge < -0.3 is 10.6 Å². The van der Waals surface area contributed by atoms with E-state index in [4.69, 9.17) is 34.8 Å². The monoisotopic (exact) mass is 469 g/mol. The lowest BCUT2D eigenvalue weighted by Crippen LogP contribution is -2.14. The third-order valence-electron chi connectivity index (χ3n) is 4.12. The van der Waals surface area contributed by atoms with Gasteiger partial charge >= 0.3 is 0 Å². The number of anilines is 2. The van der Waals surface area contributed by atoms with E-state index in [1.807, 2.05) is 6.07 Å². The molecule has 154 valence electrons. The molecular weight excluding hydrogens is 457 g/mol. The number of amides is 2. The molecule has 0 saturated heterocycles. The van der Waals surface area contributed by atoms with Gasteiger partial charge in [0.25, 0.3) is 11.8 Å². The van der Waals surface area contributed by atoms with Gasteiger partial charge in [-0.15, -0.1) is 0 Å². The molecule has 0 radical (unpaired) electrons. The van der Waals surface area contributed by atoms with Crippen LogP contribution in [0.15, 0.2) is 72.3 Å². The topological polar surface area (TPSA) is 82.0 Å². The van der Waals surface area contributed by atoms with Crippen LogP contribution in [0, 0.1) is 11.3 Å². The fraction of sp³-hybridized carbons (Fsp3) is 0. The van der Waals surface area contributed by atoms with Gasteiger partial charge in [-0.05, 0) is 54.1 Å². The molecule has 2 N–H and O–H groups in total. The first-order valence-electron chi connectivity index (χ1n) is 8.91. The van der Waals surface area contributed by atoms with Gasteiger partial charge in [0.2, 0.25) is 0 Å². The lowest BCUT2D eigenvalue weighted by Gasteiger charge is -2.08. The van der Waals surface area contributed by atoms with E-state index in [1.165, 1.54) is 12.1 Å². The van der Waals surface area contributed by atoms with Crippen molar-refractivity contribution in [2.24, 2.45) is 0 Å². The molecule has 0 saturated carbocycles. The van der Waals surface area contributed by atoms with Gasteiger partial charge in [-0.25, -0.2) is 0 Å². The van der Waals surface area contributed by atoms with Gasteiger partial charge in [-0.1, -0.05) is 59.1 Å². The van der Waals surface area contributed by atoms with Gasteiger partial charge in [-0.3, -0.25) is 9.59 Å². The van der Waals surface area contributed by atoms with E-state index in [1.54, 1.807) is 60.7 Å². The average molecular weight is 471 g/mol. The minimum atomic E-state index is -0.628. The van der Waals surface area contributed by atoms with Crippen LogP contribution in [-0.4, -0.2) is 11.8 Å². The predicted molar refractivity (Wildman–Crippen MR) is 125 cm³/mol. The van der Waals surface area contributed by atoms with Crippen LogP contribution in [-0.2, 0) is 4.79 Å². The summed E-state index contributed by atoms with van der Waals surface area (Å²) in [6.07, 6.45) is 1.41. The van der Waals surface area contributed by atoms with Crippen molar-refractivity contribution in [2.45, 2.75) is 0 Å². The smallest absolute Gasteiger partial charge is 0.266 e. The molecule has 0 unspecified atom stereocenters. The second kappa shape index (κ2) is 10.1. The Morgan fingerprint density at radius 3 is 2.35 bits per heavy atom. The first kappa shape index (κ1) is 22.4. The number of carbonyl (C=O) groups is 2. The Labute approximate surface area is 193 Å². The van der Waals surface area contributed by atoms with Crippen molar-refractivity contribution in [3.8, 4) is 6.07 Å². The van der Waals surface area contributed by atoms with Crippen LogP contribution in [0.4, 0.5) is 11.4 Å². The minimum absolute atomic E-state index is 0.138. The van der Waals surface area contributed by atoms with Crippen molar-refractivity contribution in [3.05, 3.63) is 98.5 Å². The van der Waals surface area contributed by atoms with Gasteiger partial charge in [0.05, 0.1) is 21.3 Å². The molecule has 3 rings (SSSR count). The SMILES string of the molecule is N#C/C(=C\c1cccc(NC(=O)c2ccccc2Cl)c1)C(=O)Nc1ccc(Cl)cc1Cl. The summed E-state index contributed by atoms with van der Waals surface area (Å²) >= 11 is 18.0. The van der Waals surface area contributed by atoms with Gasteiger partial charge in [0.15, 0.2) is 0 Å². The summed E-state index contributed by atoms with van der Waals surface area (Å²) < 4.78 is 0. The summed E-state index contributed by atoms with van der Waals surface area (Å²) in [6, 6.07) is 19.9. The number of nitrogens with zero attached hydrogens (tertiary/aromatic N) is 1. The lowest BCUT2D eigenvalue weighted by atomic mass is 10.1. The standard InChI is InChI=1S/C23H14Cl3N3O2/c24-16-8-9-21(20(26)12-16)29-22(30)15(13-27)10-14-4-3-5-17(11-14)28-23(31)18-6-1-2-7-19(18)25/h1-12H,(H,28,31)(H,29,30)/b15-10+. The molecule has 0 heterocycles. The van der Waals surface area contributed by atoms with E-state index in [-0.39, 0.29) is 16.5 Å². The van der Waals surface area contributed by atoms with Crippen molar-refractivity contribution in [2.75, 3.05) is 10.6 Å². The maximum atomic E-state index is 12.5. The summed E-state index contributed by atoms with van der Waals surface area (Å²) in [5, 5.41) is 15.8. The molecule has 8 heteroatoms. The zero-order valence-electron chi connectivity index (χ0n) is 15.8. The predicted octanol–water partition coefficient (Wildman–Crippen LogP) is 6.44. The lowest BCUT2D eigenvalue weighted by molar-refractivity contribution is -0.112. The van der Waals surface area contributed by atoms with Gasteiger partial charge in [0, 0.05) is 10.7 Å². The van der Waals surface area contributed by atoms with Gasteiger partial charge in [0.1, 0.15) is 11.6 Å². The Morgan fingerprint density at radius 1 is 0.871 bits per heavy atom. The molecule has 0 spiro atoms. The summed E-state index contributed by atoms with van der Waals surface area (Å²) in [6.45, 7) is 0. The molecule has 0 aliphatic heterocycles. The summed E-state index contributed by atoms with van der Waals surface area (Å²) in [7, 11) is 0. The van der Waals surface area contributed by atoms with Gasteiger partial charge in [-0.2, -0.15) is 5.26 Å². The molecule has 0 aliphatic carbocycles. The number of carbonyl (C=O) groups excluding carboxylic acids is 2. The van der Waals surface area contributed by atoms with Crippen LogP contribution in [0.5, 0.6) is 0 Å². The molecule has 0 aliphatic rings. The number of benzene rings is 3. The number of hydrogen-bond acceptors (Lipinski definition) is 3. The van der Waals surface area contributed by atoms with Crippen molar-refractivity contribution >= 4 is 64.1 Å². The number of halogens is 3. The summed E-state index contributed by atoms with van der Waals surface area (Å²) in [4.78, 5) is 24.9. The third kappa shape index (κ3) is 5.87. The number of hydrogen-bond donors (Lipinski definition) is 2. The third-order valence-corrected chi connectivity index (χ3v) is 5.00. The molecule has 0 aromatic heterocycles. The van der Waals surface area contributed by atoms with Crippen molar-refractivity contribution in [3.63, 3.8) is 0 Å². The second-order valence-electron chi connectivity index (χ2n) is 6.31. The molecule has 3 aromatic carbocycles. The minimum Gasteiger partial charge on any atom is -0.322 e. The average Bonchev–Trinajstić information content (AvgIpc) is 2.74. The Balaban J connectivity index is 1.78. The second-order valence-corrected chi connectivity index (χ2v) is 7.56. The molecule has 5 nitrogen and oxygen atoms in total. The first-order chi connectivity index (χ1) is 14.9. The number of nitriles is 1. The van der Waals surface area contributed by atoms with E-state index in [0.717, 1.165) is 0 Å². The fourth-order valence-corrected chi connectivity index (χ4v) is 3.32. The number of nitrogens with one attached hydrogen (secondary N) is 2. The van der Waals surface area contributed by atoms with E-state index < -0.39 is 5.91 Å². The Kier molecular flexibility index (Phi) is 7.32. The van der Waals surface area contributed by atoms with Crippen LogP contribution in [0.2, 0.25) is 15.1 Å². The van der Waals surface area contributed by atoms with Crippen LogP contribution in [0.3, 0.4) is 0 Å². The Morgan fingerprint density at radius 2 is 1.65 bits per heavy atom. The normalized spacial score (nSPS) is 10.8. The largest absolute Gasteiger partial charge is 0.322 e. The summed E-state index contributed by atoms with van der Waals surface area (Å²) in [5.41, 5.74) is 1.56. The highest BCUT2D eigenvalue weighted by Gasteiger charge is 2.13. The van der Waals surface area contributed by atoms with E-state index in [9.17, 15) is 14.9 Å². The van der Waals surface area contributed by atoms with Crippen LogP contribution < -0.4 is 10.6 Å². The van der Waals surface area contributed by atoms with E-state index >= 15 is 0 Å². The number of rotatable bonds is 5. The van der Waals surface area contributed by atoms with Crippen molar-refractivity contribution in [1.29, 1.82) is 5.26 Å². The molecule has 0 bridgehead atoms. The molecule has 3 aromatic rings. The highest BCUT2D eigenvalue weighted by Crippen LogP contribution is 2.26. The molecule has 2 amide bonds. The molecule has 0 atom stereocenters. The van der Waals surface area contributed by atoms with E-state index in [0.29, 0.717) is 32.5 Å². The first-order valence-corrected chi connectivity index (χ1v) is 10.0. The van der Waals surface area contributed by atoms with E-state index in [2.05, 4.69) is 10.6 Å². The quantitative estimate of drug-likeness (QED) is 0.332. The van der Waals surface area contributed by atoms with Crippen molar-refractivity contribution in [1.82, 2.24) is 0 Å². The highest BCUT2D eigenvalue weighted by molar-refractivity contribution is 6.37. The molecule has 0 fully saturated rings. The maximum Gasteiger partial charge on any atom is 0.266 e. The highest BCUT2D eigenvalue weighted by atomic mass is 35.5. The molecular formula is C23H14Cl3N3O2. The molecule has 31 heavy (non-hydrogen) atoms. The zero-order valence-corrected chi connectivity index (χ0v) is 18.1.